The summed E-state index contributed by atoms with van der Waals surface area (Å²) in [7, 11) is 1.76. The molecule has 1 heterocycles. The van der Waals surface area contributed by atoms with E-state index in [-0.39, 0.29) is 11.8 Å². The van der Waals surface area contributed by atoms with Crippen molar-refractivity contribution in [1.82, 2.24) is 15.5 Å². The molecule has 0 radical (unpaired) electrons. The molecule has 0 spiro atoms. The largest absolute Gasteiger partial charge is 0.370 e. The summed E-state index contributed by atoms with van der Waals surface area (Å²) < 4.78 is 0. The number of amides is 2. The zero-order valence-electron chi connectivity index (χ0n) is 14.0. The summed E-state index contributed by atoms with van der Waals surface area (Å²) in [6, 6.07) is 0.429. The predicted molar refractivity (Wildman–Crippen MR) is 89.9 cm³/mol. The highest BCUT2D eigenvalue weighted by molar-refractivity contribution is 5.80. The van der Waals surface area contributed by atoms with Gasteiger partial charge >= 0.3 is 0 Å². The Labute approximate surface area is 138 Å². The van der Waals surface area contributed by atoms with Crippen molar-refractivity contribution in [1.29, 1.82) is 0 Å². The maximum atomic E-state index is 11.6. The number of nitrogens with zero attached hydrogens (tertiary/aromatic N) is 2. The van der Waals surface area contributed by atoms with Crippen molar-refractivity contribution in [3.63, 3.8) is 0 Å². The summed E-state index contributed by atoms with van der Waals surface area (Å²) >= 11 is 0. The Morgan fingerprint density at radius 1 is 1.30 bits per heavy atom. The van der Waals surface area contributed by atoms with Gasteiger partial charge in [0.05, 0.1) is 0 Å². The Bertz CT molecular complexity index is 448. The number of hydrogen-bond donors (Lipinski definition) is 3. The molecule has 7 nitrogen and oxygen atoms in total. The topological polar surface area (TPSA) is 99.8 Å². The molecule has 130 valence electrons. The lowest BCUT2D eigenvalue weighted by Gasteiger charge is -2.34. The van der Waals surface area contributed by atoms with Crippen LogP contribution >= 0.6 is 0 Å². The van der Waals surface area contributed by atoms with Crippen LogP contribution in [0.4, 0.5) is 0 Å². The molecule has 23 heavy (non-hydrogen) atoms. The molecule has 1 aliphatic heterocycles. The Morgan fingerprint density at radius 3 is 2.74 bits per heavy atom. The molecule has 1 aliphatic carbocycles. The summed E-state index contributed by atoms with van der Waals surface area (Å²) in [5.74, 6) is 1.07. The van der Waals surface area contributed by atoms with E-state index in [0.717, 1.165) is 57.7 Å². The quantitative estimate of drug-likeness (QED) is 0.354. The summed E-state index contributed by atoms with van der Waals surface area (Å²) in [5.41, 5.74) is 5.30. The van der Waals surface area contributed by atoms with Crippen molar-refractivity contribution in [2.45, 2.75) is 51.0 Å². The fourth-order valence-corrected chi connectivity index (χ4v) is 3.02. The number of nitrogens with one attached hydrogen (secondary N) is 2. The van der Waals surface area contributed by atoms with Gasteiger partial charge in [0.1, 0.15) is 0 Å². The molecule has 2 fully saturated rings. The Hall–Kier alpha value is -1.79. The maximum absolute atomic E-state index is 11.6. The molecule has 1 unspecified atom stereocenters. The second-order valence-corrected chi connectivity index (χ2v) is 6.54. The first kappa shape index (κ1) is 17.6. The van der Waals surface area contributed by atoms with Crippen molar-refractivity contribution in [2.75, 3.05) is 26.7 Å². The molecular weight excluding hydrogens is 294 g/mol. The average Bonchev–Trinajstić information content (AvgIpc) is 3.31. The second-order valence-electron chi connectivity index (χ2n) is 6.54. The van der Waals surface area contributed by atoms with E-state index >= 15 is 0 Å². The van der Waals surface area contributed by atoms with E-state index in [9.17, 15) is 9.59 Å². The van der Waals surface area contributed by atoms with Crippen LogP contribution in [0.5, 0.6) is 0 Å². The normalized spacial score (nSPS) is 21.9. The SMILES string of the molecule is CN=C(NCCCC(=O)NC1CC1)N1CCCC(CC(N)=O)C1. The lowest BCUT2D eigenvalue weighted by Crippen LogP contribution is -2.47. The van der Waals surface area contributed by atoms with E-state index in [0.29, 0.717) is 24.8 Å². The van der Waals surface area contributed by atoms with Crippen LogP contribution in [-0.2, 0) is 9.59 Å². The van der Waals surface area contributed by atoms with Crippen molar-refractivity contribution in [3.05, 3.63) is 0 Å². The lowest BCUT2D eigenvalue weighted by atomic mass is 9.95. The van der Waals surface area contributed by atoms with Gasteiger partial charge in [-0.3, -0.25) is 14.6 Å². The maximum Gasteiger partial charge on any atom is 0.220 e. The molecule has 2 aliphatic rings. The van der Waals surface area contributed by atoms with Gasteiger partial charge in [0.2, 0.25) is 11.8 Å². The molecule has 2 amide bonds. The number of carbonyl (C=O) groups is 2. The first-order chi connectivity index (χ1) is 11.1. The number of rotatable bonds is 7. The third-order valence-electron chi connectivity index (χ3n) is 4.33. The van der Waals surface area contributed by atoms with Crippen LogP contribution in [0.25, 0.3) is 0 Å². The third-order valence-corrected chi connectivity index (χ3v) is 4.33. The van der Waals surface area contributed by atoms with Gasteiger partial charge in [-0.2, -0.15) is 0 Å². The minimum absolute atomic E-state index is 0.142. The van der Waals surface area contributed by atoms with E-state index < -0.39 is 0 Å². The van der Waals surface area contributed by atoms with E-state index in [1.165, 1.54) is 0 Å². The molecule has 0 aromatic heterocycles. The van der Waals surface area contributed by atoms with E-state index in [4.69, 9.17) is 5.73 Å². The molecule has 4 N–H and O–H groups in total. The fourth-order valence-electron chi connectivity index (χ4n) is 3.02. The van der Waals surface area contributed by atoms with Crippen molar-refractivity contribution < 1.29 is 9.59 Å². The second kappa shape index (κ2) is 8.74. The summed E-state index contributed by atoms with van der Waals surface area (Å²) in [6.07, 6.45) is 6.10. The van der Waals surface area contributed by atoms with Crippen LogP contribution in [0.2, 0.25) is 0 Å². The molecule has 7 heteroatoms. The summed E-state index contributed by atoms with van der Waals surface area (Å²) in [4.78, 5) is 29.2. The van der Waals surface area contributed by atoms with E-state index in [2.05, 4.69) is 20.5 Å². The highest BCUT2D eigenvalue weighted by Gasteiger charge is 2.24. The van der Waals surface area contributed by atoms with Crippen LogP contribution in [0.15, 0.2) is 4.99 Å². The van der Waals surface area contributed by atoms with Gasteiger partial charge in [-0.25, -0.2) is 0 Å². The molecule has 1 saturated heterocycles. The molecule has 1 saturated carbocycles. The van der Waals surface area contributed by atoms with Gasteiger partial charge in [-0.1, -0.05) is 0 Å². The highest BCUT2D eigenvalue weighted by Crippen LogP contribution is 2.19. The number of carbonyl (C=O) groups excluding carboxylic acids is 2. The van der Waals surface area contributed by atoms with Crippen molar-refractivity contribution in [3.8, 4) is 0 Å². The number of nitrogens with two attached hydrogens (primary N) is 1. The summed E-state index contributed by atoms with van der Waals surface area (Å²) in [6.45, 7) is 2.48. The average molecular weight is 323 g/mol. The van der Waals surface area contributed by atoms with E-state index in [1.807, 2.05) is 0 Å². The van der Waals surface area contributed by atoms with Gasteiger partial charge in [0.15, 0.2) is 5.96 Å². The highest BCUT2D eigenvalue weighted by atomic mass is 16.2. The number of primary amides is 1. The Kier molecular flexibility index (Phi) is 6.67. The first-order valence-corrected chi connectivity index (χ1v) is 8.61. The van der Waals surface area contributed by atoms with Crippen LogP contribution in [0.1, 0.15) is 44.9 Å². The molecule has 1 atom stereocenters. The standard InChI is InChI=1S/C16H29N5O2/c1-18-16(19-8-2-5-15(23)20-13-6-7-13)21-9-3-4-12(11-21)10-14(17)22/h12-13H,2-11H2,1H3,(H2,17,22)(H,18,19)(H,20,23). The van der Waals surface area contributed by atoms with Crippen LogP contribution in [0.3, 0.4) is 0 Å². The minimum atomic E-state index is -0.235. The van der Waals surface area contributed by atoms with E-state index in [1.54, 1.807) is 7.05 Å². The van der Waals surface area contributed by atoms with Crippen LogP contribution in [0, 0.1) is 5.92 Å². The van der Waals surface area contributed by atoms with Gasteiger partial charge < -0.3 is 21.3 Å². The first-order valence-electron chi connectivity index (χ1n) is 8.61. The number of aliphatic imine (C=N–C) groups is 1. The zero-order chi connectivity index (χ0) is 16.7. The molecular formula is C16H29N5O2. The van der Waals surface area contributed by atoms with Crippen molar-refractivity contribution >= 4 is 17.8 Å². The number of hydrogen-bond acceptors (Lipinski definition) is 3. The minimum Gasteiger partial charge on any atom is -0.370 e. The Balaban J connectivity index is 1.67. The smallest absolute Gasteiger partial charge is 0.220 e. The molecule has 0 aromatic rings. The third kappa shape index (κ3) is 6.46. The molecule has 2 rings (SSSR count). The fraction of sp³-hybridized carbons (Fsp3) is 0.812. The van der Waals surface area contributed by atoms with Gasteiger partial charge in [0, 0.05) is 45.6 Å². The Morgan fingerprint density at radius 2 is 2.09 bits per heavy atom. The van der Waals surface area contributed by atoms with Gasteiger partial charge in [-0.05, 0) is 38.0 Å². The number of piperidine rings is 1. The number of likely N-dealkylation sites (tertiary alicyclic amines) is 1. The van der Waals surface area contributed by atoms with Crippen molar-refractivity contribution in [2.24, 2.45) is 16.6 Å². The monoisotopic (exact) mass is 323 g/mol. The predicted octanol–water partition coefficient (Wildman–Crippen LogP) is 0.208. The molecule has 0 bridgehead atoms. The van der Waals surface area contributed by atoms with Crippen LogP contribution < -0.4 is 16.4 Å². The number of guanidine groups is 1. The zero-order valence-corrected chi connectivity index (χ0v) is 14.0. The molecule has 0 aromatic carbocycles. The lowest BCUT2D eigenvalue weighted by molar-refractivity contribution is -0.121. The van der Waals surface area contributed by atoms with Gasteiger partial charge in [-0.15, -0.1) is 0 Å². The summed E-state index contributed by atoms with van der Waals surface area (Å²) in [5, 5.41) is 6.31. The van der Waals surface area contributed by atoms with Gasteiger partial charge in [0.25, 0.3) is 0 Å². The van der Waals surface area contributed by atoms with Crippen LogP contribution in [-0.4, -0.2) is 55.4 Å².